The van der Waals surface area contributed by atoms with Crippen LogP contribution in [0.25, 0.3) is 0 Å². The lowest BCUT2D eigenvalue weighted by Gasteiger charge is -2.35. The number of rotatable bonds is 4. The molecule has 138 valence electrons. The molecule has 0 spiro atoms. The molecule has 0 amide bonds. The Morgan fingerprint density at radius 3 is 2.12 bits per heavy atom. The van der Waals surface area contributed by atoms with Crippen molar-refractivity contribution < 1.29 is 13.3 Å². The SMILES string of the molecule is O=[N+]([O-])c1ccc(N2CCN(S(=O)(=O)c3ccc(Cl)cc3)CC2)c(Cl)c1. The first kappa shape index (κ1) is 18.9. The molecule has 3 rings (SSSR count). The van der Waals surface area contributed by atoms with Gasteiger partial charge in [0.25, 0.3) is 5.69 Å². The first-order chi connectivity index (χ1) is 12.3. The van der Waals surface area contributed by atoms with E-state index >= 15 is 0 Å². The highest BCUT2D eigenvalue weighted by atomic mass is 35.5. The smallest absolute Gasteiger partial charge is 0.271 e. The number of hydrogen-bond acceptors (Lipinski definition) is 5. The summed E-state index contributed by atoms with van der Waals surface area (Å²) in [5.74, 6) is 0. The summed E-state index contributed by atoms with van der Waals surface area (Å²) in [5, 5.41) is 11.5. The summed E-state index contributed by atoms with van der Waals surface area (Å²) in [6, 6.07) is 10.3. The van der Waals surface area contributed by atoms with Gasteiger partial charge in [-0.25, -0.2) is 8.42 Å². The van der Waals surface area contributed by atoms with E-state index in [9.17, 15) is 18.5 Å². The van der Waals surface area contributed by atoms with Crippen LogP contribution in [-0.4, -0.2) is 43.8 Å². The van der Waals surface area contributed by atoms with Crippen molar-refractivity contribution >= 4 is 44.6 Å². The Hall–Kier alpha value is -1.87. The molecule has 7 nitrogen and oxygen atoms in total. The van der Waals surface area contributed by atoms with Crippen molar-refractivity contribution in [3.05, 3.63) is 62.6 Å². The number of nitrogens with zero attached hydrogens (tertiary/aromatic N) is 3. The third-order valence-electron chi connectivity index (χ3n) is 4.17. The molecule has 0 atom stereocenters. The number of halogens is 2. The molecule has 0 saturated carbocycles. The highest BCUT2D eigenvalue weighted by Crippen LogP contribution is 2.31. The summed E-state index contributed by atoms with van der Waals surface area (Å²) in [5.41, 5.74) is 0.573. The van der Waals surface area contributed by atoms with Crippen LogP contribution < -0.4 is 4.90 Å². The molecule has 1 saturated heterocycles. The standard InChI is InChI=1S/C16H15Cl2N3O4S/c17-12-1-4-14(5-2-12)26(24,25)20-9-7-19(8-10-20)16-6-3-13(21(22)23)11-15(16)18/h1-6,11H,7-10H2. The van der Waals surface area contributed by atoms with Gasteiger partial charge in [-0.2, -0.15) is 4.31 Å². The first-order valence-electron chi connectivity index (χ1n) is 7.73. The van der Waals surface area contributed by atoms with Crippen molar-refractivity contribution in [2.75, 3.05) is 31.1 Å². The molecule has 2 aromatic carbocycles. The molecule has 0 bridgehead atoms. The van der Waals surface area contributed by atoms with Gasteiger partial charge >= 0.3 is 0 Å². The van der Waals surface area contributed by atoms with Crippen molar-refractivity contribution in [3.8, 4) is 0 Å². The Labute approximate surface area is 160 Å². The second-order valence-electron chi connectivity index (χ2n) is 5.74. The normalized spacial score (nSPS) is 15.8. The summed E-state index contributed by atoms with van der Waals surface area (Å²) < 4.78 is 26.8. The Balaban J connectivity index is 1.73. The van der Waals surface area contributed by atoms with Crippen molar-refractivity contribution in [1.29, 1.82) is 0 Å². The molecular formula is C16H15Cl2N3O4S. The van der Waals surface area contributed by atoms with Crippen LogP contribution >= 0.6 is 23.2 Å². The predicted octanol–water partition coefficient (Wildman–Crippen LogP) is 3.41. The minimum absolute atomic E-state index is 0.0808. The van der Waals surface area contributed by atoms with Gasteiger partial charge in [0.2, 0.25) is 10.0 Å². The Kier molecular flexibility index (Phi) is 5.38. The lowest BCUT2D eigenvalue weighted by atomic mass is 10.2. The number of nitro benzene ring substituents is 1. The highest BCUT2D eigenvalue weighted by molar-refractivity contribution is 7.89. The van der Waals surface area contributed by atoms with Gasteiger partial charge in [-0.1, -0.05) is 23.2 Å². The zero-order chi connectivity index (χ0) is 18.9. The molecule has 2 aromatic rings. The molecule has 1 aliphatic heterocycles. The van der Waals surface area contributed by atoms with Gasteiger partial charge in [0.15, 0.2) is 0 Å². The molecule has 1 fully saturated rings. The van der Waals surface area contributed by atoms with E-state index < -0.39 is 14.9 Å². The molecule has 0 aliphatic carbocycles. The Morgan fingerprint density at radius 2 is 1.58 bits per heavy atom. The lowest BCUT2D eigenvalue weighted by molar-refractivity contribution is -0.384. The maximum absolute atomic E-state index is 12.7. The highest BCUT2D eigenvalue weighted by Gasteiger charge is 2.29. The topological polar surface area (TPSA) is 83.8 Å². The van der Waals surface area contributed by atoms with Crippen molar-refractivity contribution in [3.63, 3.8) is 0 Å². The third-order valence-corrected chi connectivity index (χ3v) is 6.64. The largest absolute Gasteiger partial charge is 0.368 e. The summed E-state index contributed by atoms with van der Waals surface area (Å²) in [6.45, 7) is 1.45. The fraction of sp³-hybridized carbons (Fsp3) is 0.250. The molecular weight excluding hydrogens is 401 g/mol. The second-order valence-corrected chi connectivity index (χ2v) is 8.52. The molecule has 0 radical (unpaired) electrons. The number of benzene rings is 2. The second kappa shape index (κ2) is 7.40. The van der Waals surface area contributed by atoms with E-state index in [0.29, 0.717) is 23.8 Å². The number of sulfonamides is 1. The van der Waals surface area contributed by atoms with E-state index in [4.69, 9.17) is 23.2 Å². The van der Waals surface area contributed by atoms with Gasteiger partial charge in [0.05, 0.1) is 20.5 Å². The maximum atomic E-state index is 12.7. The molecule has 1 heterocycles. The van der Waals surface area contributed by atoms with E-state index in [1.165, 1.54) is 28.6 Å². The summed E-state index contributed by atoms with van der Waals surface area (Å²) >= 11 is 12.0. The van der Waals surface area contributed by atoms with Crippen molar-refractivity contribution in [1.82, 2.24) is 4.31 Å². The van der Waals surface area contributed by atoms with Crippen LogP contribution in [0.15, 0.2) is 47.4 Å². The zero-order valence-electron chi connectivity index (χ0n) is 13.5. The van der Waals surface area contributed by atoms with Gasteiger partial charge in [0, 0.05) is 43.3 Å². The fourth-order valence-corrected chi connectivity index (χ4v) is 4.63. The zero-order valence-corrected chi connectivity index (χ0v) is 15.8. The number of piperazine rings is 1. The van der Waals surface area contributed by atoms with Crippen molar-refractivity contribution in [2.24, 2.45) is 0 Å². The molecule has 10 heteroatoms. The van der Waals surface area contributed by atoms with Crippen LogP contribution in [0.4, 0.5) is 11.4 Å². The predicted molar refractivity (Wildman–Crippen MR) is 101 cm³/mol. The minimum Gasteiger partial charge on any atom is -0.368 e. The summed E-state index contributed by atoms with van der Waals surface area (Å²) in [4.78, 5) is 12.4. The average Bonchev–Trinajstić information content (AvgIpc) is 2.62. The first-order valence-corrected chi connectivity index (χ1v) is 9.93. The number of nitro groups is 1. The van der Waals surface area contributed by atoms with E-state index in [0.717, 1.165) is 0 Å². The number of non-ortho nitro benzene ring substituents is 1. The number of anilines is 1. The summed E-state index contributed by atoms with van der Waals surface area (Å²) in [7, 11) is -3.59. The lowest BCUT2D eigenvalue weighted by Crippen LogP contribution is -2.48. The van der Waals surface area contributed by atoms with Gasteiger partial charge in [-0.05, 0) is 30.3 Å². The van der Waals surface area contributed by atoms with E-state index in [1.54, 1.807) is 18.2 Å². The van der Waals surface area contributed by atoms with Crippen LogP contribution in [0, 0.1) is 10.1 Å². The molecule has 26 heavy (non-hydrogen) atoms. The Morgan fingerprint density at radius 1 is 0.962 bits per heavy atom. The van der Waals surface area contributed by atoms with Crippen LogP contribution in [0.5, 0.6) is 0 Å². The molecule has 0 unspecified atom stereocenters. The molecule has 0 N–H and O–H groups in total. The molecule has 1 aliphatic rings. The van der Waals surface area contributed by atoms with E-state index in [1.807, 2.05) is 4.90 Å². The third kappa shape index (κ3) is 3.78. The monoisotopic (exact) mass is 415 g/mol. The van der Waals surface area contributed by atoms with E-state index in [-0.39, 0.29) is 28.7 Å². The van der Waals surface area contributed by atoms with Gasteiger partial charge in [-0.3, -0.25) is 10.1 Å². The van der Waals surface area contributed by atoms with E-state index in [2.05, 4.69) is 0 Å². The van der Waals surface area contributed by atoms with Crippen LogP contribution in [-0.2, 0) is 10.0 Å². The van der Waals surface area contributed by atoms with Crippen LogP contribution in [0.3, 0.4) is 0 Å². The Bertz CT molecular complexity index is 927. The van der Waals surface area contributed by atoms with Crippen molar-refractivity contribution in [2.45, 2.75) is 4.90 Å². The summed E-state index contributed by atoms with van der Waals surface area (Å²) in [6.07, 6.45) is 0. The molecule has 0 aromatic heterocycles. The van der Waals surface area contributed by atoms with Crippen LogP contribution in [0.1, 0.15) is 0 Å². The average molecular weight is 416 g/mol. The van der Waals surface area contributed by atoms with Gasteiger partial charge in [0.1, 0.15) is 0 Å². The number of hydrogen-bond donors (Lipinski definition) is 0. The van der Waals surface area contributed by atoms with Crippen LogP contribution in [0.2, 0.25) is 10.0 Å². The van der Waals surface area contributed by atoms with Gasteiger partial charge in [-0.15, -0.1) is 0 Å². The van der Waals surface area contributed by atoms with Gasteiger partial charge < -0.3 is 4.90 Å². The maximum Gasteiger partial charge on any atom is 0.271 e. The fourth-order valence-electron chi connectivity index (χ4n) is 2.79. The quantitative estimate of drug-likeness (QED) is 0.564. The minimum atomic E-state index is -3.59.